The third-order valence-electron chi connectivity index (χ3n) is 3.92. The number of benzene rings is 2. The van der Waals surface area contributed by atoms with Crippen molar-refractivity contribution in [3.8, 4) is 5.75 Å². The quantitative estimate of drug-likeness (QED) is 0.356. The molecule has 0 atom stereocenters. The Labute approximate surface area is 156 Å². The number of hydrogen-bond donors (Lipinski definition) is 0. The molecule has 5 heteroatoms. The highest BCUT2D eigenvalue weighted by molar-refractivity contribution is 6.70. The molecule has 0 aliphatic heterocycles. The van der Waals surface area contributed by atoms with E-state index in [2.05, 4.69) is 49.7 Å². The smallest absolute Gasteiger partial charge is 0.242 e. The molecule has 2 aromatic carbocycles. The predicted molar refractivity (Wildman–Crippen MR) is 110 cm³/mol. The van der Waals surface area contributed by atoms with E-state index < -0.39 is 8.32 Å². The number of aryl methyl sites for hydroxylation is 2. The zero-order chi connectivity index (χ0) is 18.7. The molecule has 0 amide bonds. The SMILES string of the molecule is Cc1cccc(O[Si](C)(C)C)c1N=C(c1ccccc1)n1ccnc1C. The van der Waals surface area contributed by atoms with E-state index >= 15 is 0 Å². The zero-order valence-corrected chi connectivity index (χ0v) is 17.0. The van der Waals surface area contributed by atoms with Crippen LogP contribution in [0.2, 0.25) is 19.6 Å². The lowest BCUT2D eigenvalue weighted by molar-refractivity contribution is 0.558. The molecular weight excluding hydrogens is 338 g/mol. The zero-order valence-electron chi connectivity index (χ0n) is 16.0. The van der Waals surface area contributed by atoms with Crippen molar-refractivity contribution in [2.45, 2.75) is 33.5 Å². The Morgan fingerprint density at radius 1 is 1.00 bits per heavy atom. The van der Waals surface area contributed by atoms with Gasteiger partial charge in [-0.25, -0.2) is 9.98 Å². The van der Waals surface area contributed by atoms with Gasteiger partial charge in [-0.15, -0.1) is 0 Å². The molecule has 0 radical (unpaired) electrons. The summed E-state index contributed by atoms with van der Waals surface area (Å²) in [6.45, 7) is 10.6. The number of aliphatic imine (C=N–C) groups is 1. The number of para-hydroxylation sites is 1. The second-order valence-electron chi connectivity index (χ2n) is 7.28. The van der Waals surface area contributed by atoms with E-state index in [1.807, 2.05) is 48.0 Å². The Hall–Kier alpha value is -2.66. The van der Waals surface area contributed by atoms with Gasteiger partial charge >= 0.3 is 0 Å². The molecule has 4 nitrogen and oxygen atoms in total. The molecule has 0 unspecified atom stereocenters. The Kier molecular flexibility index (Phi) is 5.09. The van der Waals surface area contributed by atoms with Crippen molar-refractivity contribution < 1.29 is 4.43 Å². The van der Waals surface area contributed by atoms with Crippen LogP contribution in [0.25, 0.3) is 0 Å². The van der Waals surface area contributed by atoms with Crippen LogP contribution in [0.15, 0.2) is 65.9 Å². The van der Waals surface area contributed by atoms with Crippen LogP contribution in [0, 0.1) is 13.8 Å². The first-order valence-corrected chi connectivity index (χ1v) is 12.2. The number of hydrogen-bond acceptors (Lipinski definition) is 3. The van der Waals surface area contributed by atoms with Crippen LogP contribution < -0.4 is 4.43 Å². The van der Waals surface area contributed by atoms with E-state index in [0.717, 1.165) is 34.2 Å². The van der Waals surface area contributed by atoms with Crippen LogP contribution in [0.5, 0.6) is 5.75 Å². The average molecular weight is 364 g/mol. The van der Waals surface area contributed by atoms with Crippen molar-refractivity contribution in [3.63, 3.8) is 0 Å². The Balaban J connectivity index is 2.20. The van der Waals surface area contributed by atoms with E-state index in [4.69, 9.17) is 9.42 Å². The Bertz CT molecular complexity index is 924. The van der Waals surface area contributed by atoms with E-state index in [-0.39, 0.29) is 0 Å². The molecule has 1 heterocycles. The van der Waals surface area contributed by atoms with Crippen molar-refractivity contribution in [1.29, 1.82) is 0 Å². The fourth-order valence-corrected chi connectivity index (χ4v) is 3.56. The summed E-state index contributed by atoms with van der Waals surface area (Å²) in [7, 11) is -1.75. The Morgan fingerprint density at radius 2 is 1.73 bits per heavy atom. The van der Waals surface area contributed by atoms with Gasteiger partial charge in [0.1, 0.15) is 23.1 Å². The number of rotatable bonds is 4. The van der Waals surface area contributed by atoms with E-state index in [9.17, 15) is 0 Å². The van der Waals surface area contributed by atoms with Crippen LogP contribution in [-0.2, 0) is 0 Å². The maximum Gasteiger partial charge on any atom is 0.242 e. The third-order valence-corrected chi connectivity index (χ3v) is 4.75. The first-order chi connectivity index (χ1) is 12.3. The summed E-state index contributed by atoms with van der Waals surface area (Å²) in [6, 6.07) is 16.3. The van der Waals surface area contributed by atoms with Gasteiger partial charge in [0.25, 0.3) is 0 Å². The molecule has 0 aliphatic carbocycles. The van der Waals surface area contributed by atoms with Gasteiger partial charge in [-0.2, -0.15) is 0 Å². The molecule has 3 rings (SSSR count). The monoisotopic (exact) mass is 363 g/mol. The van der Waals surface area contributed by atoms with E-state index in [0.29, 0.717) is 0 Å². The topological polar surface area (TPSA) is 39.4 Å². The summed E-state index contributed by atoms with van der Waals surface area (Å²) in [5, 5.41) is 0. The lowest BCUT2D eigenvalue weighted by Crippen LogP contribution is -2.29. The molecule has 0 bridgehead atoms. The second kappa shape index (κ2) is 7.29. The number of imidazole rings is 1. The fourth-order valence-electron chi connectivity index (χ4n) is 2.74. The molecule has 0 saturated carbocycles. The van der Waals surface area contributed by atoms with Gasteiger partial charge < -0.3 is 4.43 Å². The van der Waals surface area contributed by atoms with Crippen molar-refractivity contribution in [3.05, 3.63) is 77.9 Å². The van der Waals surface area contributed by atoms with Gasteiger partial charge in [-0.1, -0.05) is 42.5 Å². The Morgan fingerprint density at radius 3 is 2.35 bits per heavy atom. The minimum atomic E-state index is -1.75. The fraction of sp³-hybridized carbons (Fsp3) is 0.238. The molecular formula is C21H25N3OSi. The van der Waals surface area contributed by atoms with Crippen molar-refractivity contribution in [2.75, 3.05) is 0 Å². The minimum Gasteiger partial charge on any atom is -0.543 e. The summed E-state index contributed by atoms with van der Waals surface area (Å²) in [4.78, 5) is 9.42. The molecule has 0 N–H and O–H groups in total. The molecule has 0 saturated heterocycles. The van der Waals surface area contributed by atoms with Gasteiger partial charge in [0, 0.05) is 18.0 Å². The van der Waals surface area contributed by atoms with Crippen molar-refractivity contribution in [2.24, 2.45) is 4.99 Å². The summed E-state index contributed by atoms with van der Waals surface area (Å²) in [5.41, 5.74) is 3.00. The van der Waals surface area contributed by atoms with Crippen molar-refractivity contribution >= 4 is 19.8 Å². The molecule has 26 heavy (non-hydrogen) atoms. The molecule has 0 fully saturated rings. The number of nitrogens with zero attached hydrogens (tertiary/aromatic N) is 3. The average Bonchev–Trinajstić information content (AvgIpc) is 3.00. The highest BCUT2D eigenvalue weighted by Gasteiger charge is 2.20. The normalized spacial score (nSPS) is 12.3. The largest absolute Gasteiger partial charge is 0.543 e. The highest BCUT2D eigenvalue weighted by atomic mass is 28.4. The van der Waals surface area contributed by atoms with Gasteiger partial charge in [0.05, 0.1) is 0 Å². The van der Waals surface area contributed by atoms with Crippen LogP contribution in [0.4, 0.5) is 5.69 Å². The molecule has 1 aromatic heterocycles. The maximum absolute atomic E-state index is 6.30. The van der Waals surface area contributed by atoms with Crippen LogP contribution in [0.3, 0.4) is 0 Å². The first kappa shape index (κ1) is 18.1. The standard InChI is InChI=1S/C21H25N3OSi/c1-16-10-9-13-19(25-26(3,4)5)20(16)23-21(18-11-7-6-8-12-18)24-15-14-22-17(24)2/h6-15H,1-5H3. The van der Waals surface area contributed by atoms with Crippen LogP contribution in [0.1, 0.15) is 17.0 Å². The predicted octanol–water partition coefficient (Wildman–Crippen LogP) is 5.34. The van der Waals surface area contributed by atoms with E-state index in [1.54, 1.807) is 6.20 Å². The van der Waals surface area contributed by atoms with Gasteiger partial charge in [-0.05, 0) is 45.1 Å². The highest BCUT2D eigenvalue weighted by Crippen LogP contribution is 2.33. The lowest BCUT2D eigenvalue weighted by Gasteiger charge is -2.22. The summed E-state index contributed by atoms with van der Waals surface area (Å²) >= 11 is 0. The van der Waals surface area contributed by atoms with Gasteiger partial charge in [0.2, 0.25) is 8.32 Å². The second-order valence-corrected chi connectivity index (χ2v) is 11.7. The number of aromatic nitrogens is 2. The molecule has 0 spiro atoms. The molecule has 0 aliphatic rings. The third kappa shape index (κ3) is 4.11. The summed E-state index contributed by atoms with van der Waals surface area (Å²) in [6.07, 6.45) is 3.74. The molecule has 134 valence electrons. The van der Waals surface area contributed by atoms with Crippen molar-refractivity contribution in [1.82, 2.24) is 9.55 Å². The van der Waals surface area contributed by atoms with Crippen LogP contribution >= 0.6 is 0 Å². The molecule has 3 aromatic rings. The summed E-state index contributed by atoms with van der Waals surface area (Å²) < 4.78 is 8.32. The van der Waals surface area contributed by atoms with Crippen LogP contribution in [-0.4, -0.2) is 23.7 Å². The van der Waals surface area contributed by atoms with Gasteiger partial charge in [-0.3, -0.25) is 4.57 Å². The lowest BCUT2D eigenvalue weighted by atomic mass is 10.1. The van der Waals surface area contributed by atoms with E-state index in [1.165, 1.54) is 0 Å². The summed E-state index contributed by atoms with van der Waals surface area (Å²) in [5.74, 6) is 2.58. The first-order valence-electron chi connectivity index (χ1n) is 8.78. The minimum absolute atomic E-state index is 0.843. The maximum atomic E-state index is 6.30. The van der Waals surface area contributed by atoms with Gasteiger partial charge in [0.15, 0.2) is 0 Å².